The van der Waals surface area contributed by atoms with Crippen molar-refractivity contribution in [1.82, 2.24) is 14.9 Å². The first-order chi connectivity index (χ1) is 14.8. The highest BCUT2D eigenvalue weighted by atomic mass is 19.4. The molecule has 1 N–H and O–H groups in total. The molecule has 1 saturated heterocycles. The maximum Gasteiger partial charge on any atom is 0.490 e. The Hall–Kier alpha value is -2.48. The number of nitrogens with zero attached hydrogens (tertiary/aromatic N) is 3. The molecule has 5 rings (SSSR count). The minimum absolute atomic E-state index is 0.372. The Bertz CT molecular complexity index is 908. The lowest BCUT2D eigenvalue weighted by Gasteiger charge is -2.40. The number of benzene rings is 1. The van der Waals surface area contributed by atoms with Crippen LogP contribution in [0.5, 0.6) is 0 Å². The van der Waals surface area contributed by atoms with Crippen molar-refractivity contribution in [2.24, 2.45) is 5.92 Å². The normalized spacial score (nSPS) is 22.5. The van der Waals surface area contributed by atoms with Crippen molar-refractivity contribution in [2.75, 3.05) is 19.6 Å². The molecule has 0 radical (unpaired) electrons. The second-order valence-electron chi connectivity index (χ2n) is 8.84. The Morgan fingerprint density at radius 3 is 2.32 bits per heavy atom. The van der Waals surface area contributed by atoms with Crippen LogP contribution in [-0.4, -0.2) is 51.8 Å². The fraction of sp³-hybridized carbons (Fsp3) is 0.522. The summed E-state index contributed by atoms with van der Waals surface area (Å²) >= 11 is 0. The third-order valence-electron chi connectivity index (χ3n) is 6.75. The largest absolute Gasteiger partial charge is 0.490 e. The number of carboxylic acid groups (broad SMARTS) is 1. The van der Waals surface area contributed by atoms with Gasteiger partial charge in [0.25, 0.3) is 0 Å². The molecule has 31 heavy (non-hydrogen) atoms. The van der Waals surface area contributed by atoms with Gasteiger partial charge in [-0.2, -0.15) is 13.2 Å². The number of carboxylic acids is 1. The first-order valence-corrected chi connectivity index (χ1v) is 10.7. The lowest BCUT2D eigenvalue weighted by molar-refractivity contribution is -0.192. The molecule has 0 amide bonds. The number of piperidine rings is 1. The third kappa shape index (κ3) is 4.89. The molecule has 1 aromatic carbocycles. The molecule has 8 heteroatoms. The molecule has 2 aromatic rings. The fourth-order valence-corrected chi connectivity index (χ4v) is 4.99. The van der Waals surface area contributed by atoms with E-state index in [-0.39, 0.29) is 0 Å². The molecule has 166 valence electrons. The number of hydrogen-bond donors (Lipinski definition) is 1. The van der Waals surface area contributed by atoms with E-state index >= 15 is 0 Å². The molecule has 2 aliphatic carbocycles. The van der Waals surface area contributed by atoms with Crippen LogP contribution in [0.4, 0.5) is 13.2 Å². The van der Waals surface area contributed by atoms with Crippen LogP contribution in [0.2, 0.25) is 0 Å². The Balaban J connectivity index is 0.000000289. The van der Waals surface area contributed by atoms with Crippen molar-refractivity contribution in [1.29, 1.82) is 0 Å². The number of aromatic nitrogens is 2. The zero-order valence-corrected chi connectivity index (χ0v) is 17.2. The number of aliphatic carboxylic acids is 1. The van der Waals surface area contributed by atoms with Gasteiger partial charge in [-0.1, -0.05) is 24.3 Å². The molecule has 1 spiro atoms. The van der Waals surface area contributed by atoms with Gasteiger partial charge in [0.05, 0.1) is 0 Å². The second kappa shape index (κ2) is 8.57. The summed E-state index contributed by atoms with van der Waals surface area (Å²) in [6.45, 7) is 3.87. The van der Waals surface area contributed by atoms with E-state index in [1.165, 1.54) is 62.9 Å². The number of halogens is 3. The van der Waals surface area contributed by atoms with Gasteiger partial charge in [-0.05, 0) is 73.2 Å². The quantitative estimate of drug-likeness (QED) is 0.778. The smallest absolute Gasteiger partial charge is 0.475 e. The fourth-order valence-electron chi connectivity index (χ4n) is 4.99. The van der Waals surface area contributed by atoms with Crippen molar-refractivity contribution in [2.45, 2.75) is 49.6 Å². The first kappa shape index (κ1) is 21.7. The summed E-state index contributed by atoms with van der Waals surface area (Å²) in [5.41, 5.74) is 4.77. The van der Waals surface area contributed by atoms with E-state index < -0.39 is 12.1 Å². The molecule has 1 aromatic heterocycles. The van der Waals surface area contributed by atoms with Gasteiger partial charge in [-0.15, -0.1) is 0 Å². The van der Waals surface area contributed by atoms with Gasteiger partial charge < -0.3 is 10.0 Å². The van der Waals surface area contributed by atoms with Crippen molar-refractivity contribution in [3.63, 3.8) is 0 Å². The van der Waals surface area contributed by atoms with Crippen LogP contribution >= 0.6 is 0 Å². The highest BCUT2D eigenvalue weighted by Gasteiger charge is 2.46. The van der Waals surface area contributed by atoms with E-state index in [2.05, 4.69) is 39.1 Å². The van der Waals surface area contributed by atoms with E-state index in [1.54, 1.807) is 11.9 Å². The number of hydrogen-bond acceptors (Lipinski definition) is 4. The van der Waals surface area contributed by atoms with Crippen LogP contribution in [0, 0.1) is 5.92 Å². The Labute approximate surface area is 179 Å². The average Bonchev–Trinajstić information content (AvgIpc) is 3.52. The summed E-state index contributed by atoms with van der Waals surface area (Å²) in [4.78, 5) is 20.1. The average molecular weight is 433 g/mol. The van der Waals surface area contributed by atoms with E-state index in [1.807, 2.05) is 12.4 Å². The van der Waals surface area contributed by atoms with Gasteiger partial charge in [-0.25, -0.2) is 14.8 Å². The van der Waals surface area contributed by atoms with Gasteiger partial charge >= 0.3 is 12.1 Å². The highest BCUT2D eigenvalue weighted by molar-refractivity contribution is 5.73. The van der Waals surface area contributed by atoms with Crippen LogP contribution < -0.4 is 0 Å². The van der Waals surface area contributed by atoms with Gasteiger partial charge in [-0.3, -0.25) is 0 Å². The molecule has 1 saturated carbocycles. The van der Waals surface area contributed by atoms with Gasteiger partial charge in [0, 0.05) is 24.9 Å². The summed E-state index contributed by atoms with van der Waals surface area (Å²) in [7, 11) is 0. The van der Waals surface area contributed by atoms with E-state index in [4.69, 9.17) is 9.90 Å². The van der Waals surface area contributed by atoms with Gasteiger partial charge in [0.1, 0.15) is 6.33 Å². The van der Waals surface area contributed by atoms with Crippen LogP contribution in [-0.2, 0) is 10.2 Å². The number of fused-ring (bicyclic) bond motifs is 2. The molecule has 2 fully saturated rings. The Morgan fingerprint density at radius 1 is 1.13 bits per heavy atom. The molecule has 3 aliphatic rings. The molecule has 1 atom stereocenters. The van der Waals surface area contributed by atoms with Gasteiger partial charge in [0.15, 0.2) is 0 Å². The van der Waals surface area contributed by atoms with Crippen molar-refractivity contribution >= 4 is 5.97 Å². The number of likely N-dealkylation sites (tertiary alicyclic amines) is 1. The van der Waals surface area contributed by atoms with Crippen molar-refractivity contribution in [3.8, 4) is 0 Å². The van der Waals surface area contributed by atoms with E-state index in [0.717, 1.165) is 5.92 Å². The number of alkyl halides is 3. The minimum Gasteiger partial charge on any atom is -0.475 e. The zero-order valence-electron chi connectivity index (χ0n) is 17.2. The summed E-state index contributed by atoms with van der Waals surface area (Å²) in [5, 5.41) is 7.12. The topological polar surface area (TPSA) is 66.3 Å². The molecule has 1 unspecified atom stereocenters. The van der Waals surface area contributed by atoms with Crippen LogP contribution in [0.25, 0.3) is 0 Å². The summed E-state index contributed by atoms with van der Waals surface area (Å²) in [6, 6.07) is 9.13. The zero-order chi connectivity index (χ0) is 22.1. The van der Waals surface area contributed by atoms with Crippen molar-refractivity contribution < 1.29 is 23.1 Å². The first-order valence-electron chi connectivity index (χ1n) is 10.7. The lowest BCUT2D eigenvalue weighted by atomic mass is 9.73. The van der Waals surface area contributed by atoms with Gasteiger partial charge in [0.2, 0.25) is 0 Å². The minimum atomic E-state index is -5.08. The third-order valence-corrected chi connectivity index (χ3v) is 6.75. The highest BCUT2D eigenvalue weighted by Crippen LogP contribution is 2.53. The maximum absolute atomic E-state index is 10.6. The molecule has 5 nitrogen and oxygen atoms in total. The Morgan fingerprint density at radius 2 is 1.74 bits per heavy atom. The second-order valence-corrected chi connectivity index (χ2v) is 8.84. The monoisotopic (exact) mass is 433 g/mol. The number of carbonyl (C=O) groups is 1. The molecular weight excluding hydrogens is 407 g/mol. The molecule has 2 heterocycles. The molecule has 0 bridgehead atoms. The predicted molar refractivity (Wildman–Crippen MR) is 109 cm³/mol. The Kier molecular flexibility index (Phi) is 6.01. The predicted octanol–water partition coefficient (Wildman–Crippen LogP) is 4.39. The van der Waals surface area contributed by atoms with Crippen molar-refractivity contribution in [3.05, 3.63) is 59.7 Å². The SMILES string of the molecule is O=C(O)C(F)(F)F.c1ccc2c(c1)C(c1cncnc1)CC21CCN(CC2CC2)CC1. The molecular formula is C23H26F3N3O2. The maximum atomic E-state index is 10.6. The van der Waals surface area contributed by atoms with E-state index in [0.29, 0.717) is 11.3 Å². The number of rotatable bonds is 3. The standard InChI is InChI=1S/C21H25N3.C2HF3O2/c1-2-4-20-18(3-1)19(17-12-22-15-23-13-17)11-21(20)7-9-24(10-8-21)14-16-5-6-16;3-2(4,5)1(6)7/h1-4,12-13,15-16,19H,5-11,14H2;(H,6,7). The summed E-state index contributed by atoms with van der Waals surface area (Å²) in [5.74, 6) is -1.28. The van der Waals surface area contributed by atoms with Crippen LogP contribution in [0.3, 0.4) is 0 Å². The van der Waals surface area contributed by atoms with E-state index in [9.17, 15) is 13.2 Å². The molecule has 1 aliphatic heterocycles. The summed E-state index contributed by atoms with van der Waals surface area (Å²) in [6.07, 6.45) is 7.34. The van der Waals surface area contributed by atoms with Crippen LogP contribution in [0.15, 0.2) is 43.0 Å². The summed E-state index contributed by atoms with van der Waals surface area (Å²) < 4.78 is 31.7. The van der Waals surface area contributed by atoms with Crippen LogP contribution in [0.1, 0.15) is 54.7 Å². The lowest BCUT2D eigenvalue weighted by Crippen LogP contribution is -2.42.